The molecule has 1 fully saturated rings. The van der Waals surface area contributed by atoms with Gasteiger partial charge >= 0.3 is 0 Å². The zero-order valence-corrected chi connectivity index (χ0v) is 30.4. The Bertz CT molecular complexity index is 1830. The molecule has 48 heavy (non-hydrogen) atoms. The first-order valence-corrected chi connectivity index (χ1v) is 18.9. The standard InChI is InChI=1S/C38H41BrClN3O4S/c1-27-16-19-34(20-17-27)48(46,47)43(35-21-18-32(40)22-28(35)2)26-37(44)42(25-30-12-9-13-31(39)23-30)36(24-29-10-5-3-6-11-29)38(45)41-33-14-7-4-8-15-33/h3,5-6,9-13,16-23,33,36H,4,7-8,14-15,24-26H2,1-2H3,(H,41,45). The first-order chi connectivity index (χ1) is 23.0. The predicted molar refractivity (Wildman–Crippen MR) is 196 cm³/mol. The minimum absolute atomic E-state index is 0.0301. The average Bonchev–Trinajstić information content (AvgIpc) is 3.06. The molecule has 1 aliphatic carbocycles. The molecule has 1 unspecified atom stereocenters. The molecule has 0 bridgehead atoms. The second-order valence-electron chi connectivity index (χ2n) is 12.5. The van der Waals surface area contributed by atoms with Gasteiger partial charge in [0.25, 0.3) is 10.0 Å². The highest BCUT2D eigenvalue weighted by atomic mass is 79.9. The summed E-state index contributed by atoms with van der Waals surface area (Å²) in [5.74, 6) is -0.746. The third kappa shape index (κ3) is 9.07. The van der Waals surface area contributed by atoms with Crippen molar-refractivity contribution in [3.05, 3.63) is 129 Å². The van der Waals surface area contributed by atoms with Gasteiger partial charge < -0.3 is 10.2 Å². The number of rotatable bonds is 12. The maximum atomic E-state index is 14.8. The summed E-state index contributed by atoms with van der Waals surface area (Å²) in [6, 6.07) is 27.8. The normalized spacial score (nSPS) is 14.2. The summed E-state index contributed by atoms with van der Waals surface area (Å²) in [4.78, 5) is 30.6. The van der Waals surface area contributed by atoms with E-state index < -0.39 is 28.5 Å². The molecule has 0 saturated heterocycles. The molecule has 4 aromatic carbocycles. The topological polar surface area (TPSA) is 86.8 Å². The van der Waals surface area contributed by atoms with E-state index in [0.29, 0.717) is 16.3 Å². The lowest BCUT2D eigenvalue weighted by Gasteiger charge is -2.35. The lowest BCUT2D eigenvalue weighted by Crippen LogP contribution is -2.55. The first-order valence-electron chi connectivity index (χ1n) is 16.2. The molecule has 0 radical (unpaired) electrons. The summed E-state index contributed by atoms with van der Waals surface area (Å²) in [6.07, 6.45) is 5.28. The van der Waals surface area contributed by atoms with E-state index in [4.69, 9.17) is 11.6 Å². The second kappa shape index (κ2) is 16.2. The predicted octanol–water partition coefficient (Wildman–Crippen LogP) is 8.00. The maximum Gasteiger partial charge on any atom is 0.264 e. The number of anilines is 1. The molecule has 7 nitrogen and oxygen atoms in total. The summed E-state index contributed by atoms with van der Waals surface area (Å²) in [7, 11) is -4.21. The van der Waals surface area contributed by atoms with Crippen molar-refractivity contribution in [3.8, 4) is 0 Å². The van der Waals surface area contributed by atoms with Gasteiger partial charge in [-0.05, 0) is 85.8 Å². The molecule has 0 spiro atoms. The van der Waals surface area contributed by atoms with Gasteiger partial charge in [0, 0.05) is 28.5 Å². The van der Waals surface area contributed by atoms with Crippen molar-refractivity contribution in [2.75, 3.05) is 10.8 Å². The molecule has 0 aliphatic heterocycles. The van der Waals surface area contributed by atoms with Crippen LogP contribution in [0.15, 0.2) is 106 Å². The number of sulfonamides is 1. The molecule has 0 aromatic heterocycles. The fourth-order valence-electron chi connectivity index (χ4n) is 6.18. The van der Waals surface area contributed by atoms with Gasteiger partial charge in [-0.25, -0.2) is 8.42 Å². The van der Waals surface area contributed by atoms with Crippen LogP contribution in [0.25, 0.3) is 0 Å². The molecule has 1 atom stereocenters. The highest BCUT2D eigenvalue weighted by Crippen LogP contribution is 2.30. The van der Waals surface area contributed by atoms with Crippen molar-refractivity contribution >= 4 is 55.1 Å². The molecular weight excluding hydrogens is 710 g/mol. The zero-order chi connectivity index (χ0) is 34.3. The van der Waals surface area contributed by atoms with E-state index in [-0.39, 0.29) is 29.8 Å². The Morgan fingerprint density at radius 2 is 1.56 bits per heavy atom. The number of hydrogen-bond acceptors (Lipinski definition) is 4. The van der Waals surface area contributed by atoms with E-state index in [1.54, 1.807) is 49.4 Å². The maximum absolute atomic E-state index is 14.8. The molecule has 0 heterocycles. The second-order valence-corrected chi connectivity index (χ2v) is 15.7. The van der Waals surface area contributed by atoms with Crippen LogP contribution in [0.3, 0.4) is 0 Å². The molecular formula is C38H41BrClN3O4S. The SMILES string of the molecule is Cc1ccc(S(=O)(=O)N(CC(=O)N(Cc2cccc(Br)c2)C(Cc2ccccc2)C(=O)NC2CCCCC2)c2ccc(Cl)cc2C)cc1. The van der Waals surface area contributed by atoms with Gasteiger partial charge in [0.2, 0.25) is 11.8 Å². The third-order valence-corrected chi connectivity index (χ3v) is 11.3. The first kappa shape index (κ1) is 35.6. The molecule has 10 heteroatoms. The van der Waals surface area contributed by atoms with E-state index in [1.165, 1.54) is 4.90 Å². The number of amides is 2. The van der Waals surface area contributed by atoms with Crippen LogP contribution < -0.4 is 9.62 Å². The van der Waals surface area contributed by atoms with Crippen LogP contribution >= 0.6 is 27.5 Å². The van der Waals surface area contributed by atoms with E-state index in [9.17, 15) is 18.0 Å². The number of nitrogens with zero attached hydrogens (tertiary/aromatic N) is 2. The number of hydrogen-bond donors (Lipinski definition) is 1. The number of halogens is 2. The van der Waals surface area contributed by atoms with Crippen molar-refractivity contribution in [1.82, 2.24) is 10.2 Å². The Morgan fingerprint density at radius 3 is 2.23 bits per heavy atom. The van der Waals surface area contributed by atoms with Gasteiger partial charge in [-0.3, -0.25) is 13.9 Å². The molecule has 4 aromatic rings. The number of aryl methyl sites for hydroxylation is 2. The van der Waals surface area contributed by atoms with Crippen LogP contribution in [-0.4, -0.2) is 43.8 Å². The Hall–Kier alpha value is -3.66. The number of nitrogens with one attached hydrogen (secondary N) is 1. The van der Waals surface area contributed by atoms with E-state index in [1.807, 2.05) is 61.5 Å². The molecule has 2 amide bonds. The lowest BCUT2D eigenvalue weighted by molar-refractivity contribution is -0.140. The van der Waals surface area contributed by atoms with E-state index in [2.05, 4.69) is 21.2 Å². The summed E-state index contributed by atoms with van der Waals surface area (Å²) in [5.41, 5.74) is 3.54. The Balaban J connectivity index is 1.58. The van der Waals surface area contributed by atoms with Crippen molar-refractivity contribution in [3.63, 3.8) is 0 Å². The van der Waals surface area contributed by atoms with Crippen LogP contribution in [0, 0.1) is 13.8 Å². The number of carbonyl (C=O) groups excluding carboxylic acids is 2. The summed E-state index contributed by atoms with van der Waals surface area (Å²) in [5, 5.41) is 3.70. The average molecular weight is 751 g/mol. The smallest absolute Gasteiger partial charge is 0.264 e. The van der Waals surface area contributed by atoms with Crippen LogP contribution in [-0.2, 0) is 32.6 Å². The fraction of sp³-hybridized carbons (Fsp3) is 0.316. The van der Waals surface area contributed by atoms with Gasteiger partial charge in [-0.2, -0.15) is 0 Å². The van der Waals surface area contributed by atoms with Gasteiger partial charge in [0.05, 0.1) is 10.6 Å². The van der Waals surface area contributed by atoms with Crippen molar-refractivity contribution in [1.29, 1.82) is 0 Å². The summed E-state index contributed by atoms with van der Waals surface area (Å²) < 4.78 is 30.6. The highest BCUT2D eigenvalue weighted by Gasteiger charge is 2.36. The van der Waals surface area contributed by atoms with Crippen LogP contribution in [0.1, 0.15) is 54.4 Å². The Kier molecular flexibility index (Phi) is 12.0. The van der Waals surface area contributed by atoms with Crippen molar-refractivity contribution < 1.29 is 18.0 Å². The molecule has 1 N–H and O–H groups in total. The number of benzene rings is 4. The van der Waals surface area contributed by atoms with Crippen molar-refractivity contribution in [2.45, 2.75) is 75.9 Å². The van der Waals surface area contributed by atoms with Gasteiger partial charge in [0.1, 0.15) is 12.6 Å². The number of carbonyl (C=O) groups is 2. The van der Waals surface area contributed by atoms with Gasteiger partial charge in [-0.15, -0.1) is 0 Å². The third-order valence-electron chi connectivity index (χ3n) is 8.78. The summed E-state index contributed by atoms with van der Waals surface area (Å²) in [6.45, 7) is 3.23. The van der Waals surface area contributed by atoms with Gasteiger partial charge in [-0.1, -0.05) is 107 Å². The van der Waals surface area contributed by atoms with Gasteiger partial charge in [0.15, 0.2) is 0 Å². The highest BCUT2D eigenvalue weighted by molar-refractivity contribution is 9.10. The van der Waals surface area contributed by atoms with Crippen LogP contribution in [0.4, 0.5) is 5.69 Å². The van der Waals surface area contributed by atoms with Crippen LogP contribution in [0.2, 0.25) is 5.02 Å². The van der Waals surface area contributed by atoms with Crippen LogP contribution in [0.5, 0.6) is 0 Å². The lowest BCUT2D eigenvalue weighted by atomic mass is 9.94. The van der Waals surface area contributed by atoms with Crippen molar-refractivity contribution in [2.24, 2.45) is 0 Å². The Morgan fingerprint density at radius 1 is 0.875 bits per heavy atom. The molecule has 1 saturated carbocycles. The zero-order valence-electron chi connectivity index (χ0n) is 27.2. The quantitative estimate of drug-likeness (QED) is 0.159. The summed E-state index contributed by atoms with van der Waals surface area (Å²) >= 11 is 9.81. The molecule has 252 valence electrons. The molecule has 5 rings (SSSR count). The largest absolute Gasteiger partial charge is 0.352 e. The van der Waals surface area contributed by atoms with E-state index in [0.717, 1.165) is 57.6 Å². The monoisotopic (exact) mass is 749 g/mol. The van der Waals surface area contributed by atoms with E-state index >= 15 is 0 Å². The minimum Gasteiger partial charge on any atom is -0.352 e. The Labute approximate surface area is 297 Å². The minimum atomic E-state index is -4.21. The fourth-order valence-corrected chi connectivity index (χ4v) is 8.33. The molecule has 1 aliphatic rings.